The van der Waals surface area contributed by atoms with Gasteiger partial charge in [-0.25, -0.2) is 9.97 Å². The first kappa shape index (κ1) is 29.8. The molecule has 0 unspecified atom stereocenters. The van der Waals surface area contributed by atoms with Crippen LogP contribution in [0.15, 0.2) is 133 Å². The zero-order valence-electron chi connectivity index (χ0n) is 27.2. The number of hydrogen-bond acceptors (Lipinski definition) is 3. The van der Waals surface area contributed by atoms with Crippen LogP contribution in [0.2, 0.25) is 5.31 Å². The molecule has 2 heterocycles. The van der Waals surface area contributed by atoms with Gasteiger partial charge in [-0.2, -0.15) is 0 Å². The first-order valence-electron chi connectivity index (χ1n) is 15.9. The van der Waals surface area contributed by atoms with Crippen molar-refractivity contribution >= 4 is 42.6 Å². The fourth-order valence-electron chi connectivity index (χ4n) is 5.71. The molecule has 4 nitrogen and oxygen atoms in total. The molecule has 0 aliphatic carbocycles. The van der Waals surface area contributed by atoms with E-state index in [1.165, 1.54) is 21.8 Å². The second kappa shape index (κ2) is 11.8. The SMILES string of the molecule is BC(C)(C)C(C)(C)OBc1ccc2c3ccccc3n(-c3ccc(-c4cc(-c5ccccc5)nc(-c5ccccc5)n4)cc3)c2c1. The molecule has 7 rings (SSSR count). The molecule has 6 heteroatoms. The molecular formula is C40H37B2N3O. The lowest BCUT2D eigenvalue weighted by atomic mass is 9.61. The Morgan fingerprint density at radius 3 is 1.80 bits per heavy atom. The molecule has 2 aromatic heterocycles. The van der Waals surface area contributed by atoms with Gasteiger partial charge in [0.2, 0.25) is 0 Å². The van der Waals surface area contributed by atoms with E-state index in [4.69, 9.17) is 14.6 Å². The van der Waals surface area contributed by atoms with E-state index < -0.39 is 0 Å². The van der Waals surface area contributed by atoms with Gasteiger partial charge in [-0.1, -0.05) is 122 Å². The van der Waals surface area contributed by atoms with Crippen molar-refractivity contribution in [2.45, 2.75) is 38.6 Å². The minimum atomic E-state index is -0.258. The summed E-state index contributed by atoms with van der Waals surface area (Å²) in [6.07, 6.45) is 0. The van der Waals surface area contributed by atoms with Crippen molar-refractivity contribution in [3.63, 3.8) is 0 Å². The number of rotatable bonds is 8. The van der Waals surface area contributed by atoms with Crippen molar-refractivity contribution in [3.8, 4) is 39.6 Å². The minimum Gasteiger partial charge on any atom is -0.430 e. The fraction of sp³-hybridized carbons (Fsp3) is 0.150. The molecule has 0 aliphatic rings. The van der Waals surface area contributed by atoms with Crippen molar-refractivity contribution < 1.29 is 4.65 Å². The Morgan fingerprint density at radius 1 is 0.587 bits per heavy atom. The highest BCUT2D eigenvalue weighted by atomic mass is 16.5. The lowest BCUT2D eigenvalue weighted by molar-refractivity contribution is 0.0767. The molecule has 0 bridgehead atoms. The molecule has 0 saturated heterocycles. The monoisotopic (exact) mass is 597 g/mol. The van der Waals surface area contributed by atoms with Crippen LogP contribution in [0.1, 0.15) is 27.7 Å². The summed E-state index contributed by atoms with van der Waals surface area (Å²) in [5, 5.41) is 2.50. The normalized spacial score (nSPS) is 12.1. The predicted molar refractivity (Wildman–Crippen MR) is 197 cm³/mol. The second-order valence-electron chi connectivity index (χ2n) is 13.5. The number of benzene rings is 5. The number of hydrogen-bond donors (Lipinski definition) is 0. The van der Waals surface area contributed by atoms with Crippen LogP contribution in [0, 0.1) is 0 Å². The molecule has 0 spiro atoms. The smallest absolute Gasteiger partial charge is 0.309 e. The topological polar surface area (TPSA) is 39.9 Å². The lowest BCUT2D eigenvalue weighted by Crippen LogP contribution is -2.40. The summed E-state index contributed by atoms with van der Waals surface area (Å²) in [4.78, 5) is 9.98. The third kappa shape index (κ3) is 5.65. The zero-order valence-corrected chi connectivity index (χ0v) is 27.2. The third-order valence-corrected chi connectivity index (χ3v) is 9.39. The van der Waals surface area contributed by atoms with Crippen molar-refractivity contribution in [1.29, 1.82) is 0 Å². The first-order chi connectivity index (χ1) is 22.2. The van der Waals surface area contributed by atoms with E-state index in [-0.39, 0.29) is 10.9 Å². The summed E-state index contributed by atoms with van der Waals surface area (Å²) < 4.78 is 8.83. The van der Waals surface area contributed by atoms with Crippen LogP contribution in [-0.2, 0) is 4.65 Å². The molecule has 0 amide bonds. The Bertz CT molecular complexity index is 2090. The molecule has 0 fully saturated rings. The van der Waals surface area contributed by atoms with Crippen LogP contribution < -0.4 is 5.46 Å². The molecule has 7 aromatic rings. The van der Waals surface area contributed by atoms with Crippen LogP contribution in [0.4, 0.5) is 0 Å². The molecular weight excluding hydrogens is 560 g/mol. The van der Waals surface area contributed by atoms with Crippen molar-refractivity contribution in [2.24, 2.45) is 0 Å². The van der Waals surface area contributed by atoms with Crippen molar-refractivity contribution in [2.75, 3.05) is 0 Å². The van der Waals surface area contributed by atoms with E-state index in [2.05, 4.69) is 137 Å². The molecule has 0 atom stereocenters. The minimum absolute atomic E-state index is 0.0289. The molecule has 0 saturated carbocycles. The standard InChI is InChI=1S/C40H37B2N3O/c1-39(2,41)40(3,4)46-42-30-21-24-33-32-17-11-12-18-36(32)45(37(33)25-30)31-22-19-28(20-23-31)35-26-34(27-13-7-5-8-14-27)43-38(44-35)29-15-9-6-10-16-29/h5-26,42H,41H2,1-4H3. The number of para-hydroxylation sites is 1. The Balaban J connectivity index is 1.30. The zero-order chi connectivity index (χ0) is 31.9. The van der Waals surface area contributed by atoms with E-state index in [1.807, 2.05) is 36.4 Å². The Hall–Kier alpha value is -4.93. The van der Waals surface area contributed by atoms with E-state index in [9.17, 15) is 0 Å². The summed E-state index contributed by atoms with van der Waals surface area (Å²) in [6.45, 7) is 8.80. The van der Waals surface area contributed by atoms with Crippen LogP contribution in [0.25, 0.3) is 61.4 Å². The van der Waals surface area contributed by atoms with Gasteiger partial charge in [-0.15, -0.1) is 0 Å². The highest BCUT2D eigenvalue weighted by Gasteiger charge is 2.33. The largest absolute Gasteiger partial charge is 0.430 e. The van der Waals surface area contributed by atoms with E-state index in [1.54, 1.807) is 0 Å². The molecule has 0 aliphatic heterocycles. The maximum Gasteiger partial charge on any atom is 0.309 e. The highest BCUT2D eigenvalue weighted by Crippen LogP contribution is 2.37. The van der Waals surface area contributed by atoms with Crippen LogP contribution in [0.5, 0.6) is 0 Å². The lowest BCUT2D eigenvalue weighted by Gasteiger charge is -2.39. The highest BCUT2D eigenvalue weighted by molar-refractivity contribution is 6.47. The van der Waals surface area contributed by atoms with Crippen molar-refractivity contribution in [3.05, 3.63) is 133 Å². The summed E-state index contributed by atoms with van der Waals surface area (Å²) >= 11 is 0. The van der Waals surface area contributed by atoms with Gasteiger partial charge in [0.05, 0.1) is 22.4 Å². The van der Waals surface area contributed by atoms with E-state index in [0.717, 1.165) is 39.2 Å². The molecule has 0 radical (unpaired) electrons. The van der Waals surface area contributed by atoms with Gasteiger partial charge >= 0.3 is 7.48 Å². The Kier molecular flexibility index (Phi) is 7.62. The molecule has 224 valence electrons. The van der Waals surface area contributed by atoms with E-state index >= 15 is 0 Å². The van der Waals surface area contributed by atoms with Crippen LogP contribution in [-0.4, -0.2) is 35.5 Å². The first-order valence-corrected chi connectivity index (χ1v) is 15.9. The summed E-state index contributed by atoms with van der Waals surface area (Å²) in [5.74, 6) is 0.716. The number of fused-ring (bicyclic) bond motifs is 3. The van der Waals surface area contributed by atoms with Gasteiger partial charge < -0.3 is 9.22 Å². The molecule has 46 heavy (non-hydrogen) atoms. The Morgan fingerprint density at radius 2 is 1.15 bits per heavy atom. The summed E-state index contributed by atoms with van der Waals surface area (Å²) in [6, 6.07) is 46.6. The van der Waals surface area contributed by atoms with Crippen molar-refractivity contribution in [1.82, 2.24) is 14.5 Å². The quantitative estimate of drug-likeness (QED) is 0.166. The predicted octanol–water partition coefficient (Wildman–Crippen LogP) is 8.18. The summed E-state index contributed by atoms with van der Waals surface area (Å²) in [7, 11) is 2.78. The van der Waals surface area contributed by atoms with Gasteiger partial charge in [0.15, 0.2) is 5.82 Å². The van der Waals surface area contributed by atoms with Crippen LogP contribution >= 0.6 is 0 Å². The van der Waals surface area contributed by atoms with Gasteiger partial charge in [-0.05, 0) is 49.5 Å². The maximum absolute atomic E-state index is 6.48. The fourth-order valence-corrected chi connectivity index (χ4v) is 5.71. The average molecular weight is 597 g/mol. The number of nitrogens with zero attached hydrogens (tertiary/aromatic N) is 3. The van der Waals surface area contributed by atoms with Gasteiger partial charge in [0.1, 0.15) is 7.85 Å². The maximum atomic E-state index is 6.48. The van der Waals surface area contributed by atoms with Gasteiger partial charge in [0, 0.05) is 38.8 Å². The summed E-state index contributed by atoms with van der Waals surface area (Å²) in [5.41, 5.74) is 9.25. The van der Waals surface area contributed by atoms with Gasteiger partial charge in [-0.3, -0.25) is 0 Å². The second-order valence-corrected chi connectivity index (χ2v) is 13.5. The molecule has 0 N–H and O–H groups in total. The average Bonchev–Trinajstić information content (AvgIpc) is 3.41. The third-order valence-electron chi connectivity index (χ3n) is 9.39. The number of aromatic nitrogens is 3. The Labute approximate surface area is 272 Å². The van der Waals surface area contributed by atoms with Crippen LogP contribution in [0.3, 0.4) is 0 Å². The van der Waals surface area contributed by atoms with Gasteiger partial charge in [0.25, 0.3) is 0 Å². The van der Waals surface area contributed by atoms with E-state index in [0.29, 0.717) is 13.3 Å². The molecule has 5 aromatic carbocycles.